The fraction of sp³-hybridized carbons (Fsp3) is 1.00. The van der Waals surface area contributed by atoms with E-state index in [1.165, 1.54) is 0 Å². The molecule has 0 atom stereocenters. The summed E-state index contributed by atoms with van der Waals surface area (Å²) in [5.41, 5.74) is 6.60. The van der Waals surface area contributed by atoms with Crippen molar-refractivity contribution in [2.24, 2.45) is 0 Å². The maximum atomic E-state index is 6.60. The predicted molar refractivity (Wildman–Crippen MR) is 35.8 cm³/mol. The first-order chi connectivity index (χ1) is 3.83. The fourth-order valence-electron chi connectivity index (χ4n) is 0.177. The quantitative estimate of drug-likeness (QED) is 0.598. The third-order valence-corrected chi connectivity index (χ3v) is 0.530. The van der Waals surface area contributed by atoms with E-state index in [0.29, 0.717) is 6.54 Å². The average molecular weight is 191 g/mol. The maximum absolute atomic E-state index is 6.60. The predicted octanol–water partition coefficient (Wildman–Crippen LogP) is 3.22. The van der Waals surface area contributed by atoms with Crippen LogP contribution in [-0.4, -0.2) is 6.54 Å². The molecule has 0 aromatic rings. The zero-order valence-electron chi connectivity index (χ0n) is 4.88. The van der Waals surface area contributed by atoms with Gasteiger partial charge in [0, 0.05) is 0 Å². The van der Waals surface area contributed by atoms with E-state index in [-0.39, 0.29) is 0 Å². The number of hydrogen-bond acceptors (Lipinski definition) is 0. The van der Waals surface area contributed by atoms with Gasteiger partial charge in [-0.05, 0) is 0 Å². The van der Waals surface area contributed by atoms with Crippen molar-refractivity contribution in [2.75, 3.05) is 6.54 Å². The van der Waals surface area contributed by atoms with Crippen LogP contribution in [0.4, 0.5) is 0 Å². The van der Waals surface area contributed by atoms with Crippen molar-refractivity contribution < 1.29 is 17.0 Å². The summed E-state index contributed by atoms with van der Waals surface area (Å²) in [4.78, 5) is 0. The Bertz CT molecular complexity index is 28.0. The number of unbranched alkanes of at least 4 members (excludes halogenated alkanes) is 1. The van der Waals surface area contributed by atoms with Crippen molar-refractivity contribution in [1.29, 1.82) is 0 Å². The monoisotopic (exact) mass is 190 g/mol. The molecule has 0 saturated carbocycles. The molecule has 0 spiro atoms. The molecule has 0 aliphatic heterocycles. The van der Waals surface area contributed by atoms with Crippen molar-refractivity contribution in [3.63, 3.8) is 0 Å². The van der Waals surface area contributed by atoms with Crippen molar-refractivity contribution in [1.82, 2.24) is 0 Å². The summed E-state index contributed by atoms with van der Waals surface area (Å²) in [6.07, 6.45) is 2.21. The summed E-state index contributed by atoms with van der Waals surface area (Å²) in [6, 6.07) is 0. The van der Waals surface area contributed by atoms with Crippen LogP contribution in [0.15, 0.2) is 0 Å². The van der Waals surface area contributed by atoms with Gasteiger partial charge >= 0.3 is 35.6 Å². The Morgan fingerprint density at radius 3 is 1.88 bits per heavy atom. The van der Waals surface area contributed by atoms with Crippen LogP contribution >= 0.6 is 18.6 Å². The molecule has 50 valence electrons. The van der Waals surface area contributed by atoms with Gasteiger partial charge in [0.1, 0.15) is 0 Å². The molecular weight excluding hydrogens is 181 g/mol. The van der Waals surface area contributed by atoms with Crippen molar-refractivity contribution in [3.05, 3.63) is 5.73 Å². The van der Waals surface area contributed by atoms with Crippen LogP contribution in [-0.2, 0) is 17.0 Å². The topological polar surface area (TPSA) is 23.8 Å². The second kappa shape index (κ2) is 15.7. The Morgan fingerprint density at radius 2 is 1.88 bits per heavy atom. The van der Waals surface area contributed by atoms with Gasteiger partial charge in [-0.1, -0.05) is 19.8 Å². The summed E-state index contributed by atoms with van der Waals surface area (Å²) in [7, 11) is 9.78. The summed E-state index contributed by atoms with van der Waals surface area (Å²) >= 11 is -0.556. The van der Waals surface area contributed by atoms with Crippen LogP contribution in [0.3, 0.4) is 0 Å². The van der Waals surface area contributed by atoms with Gasteiger partial charge in [-0.25, -0.2) is 0 Å². The number of rotatable bonds is 2. The van der Waals surface area contributed by atoms with Gasteiger partial charge in [0.2, 0.25) is 0 Å². The molecule has 0 amide bonds. The number of hydrogen-bond donors (Lipinski definition) is 0. The van der Waals surface area contributed by atoms with E-state index in [4.69, 9.17) is 24.3 Å². The van der Waals surface area contributed by atoms with Crippen molar-refractivity contribution in [3.8, 4) is 0 Å². The van der Waals surface area contributed by atoms with E-state index < -0.39 is 17.0 Å². The zero-order chi connectivity index (χ0) is 6.83. The molecule has 1 nitrogen and oxygen atoms in total. The van der Waals surface area contributed by atoms with E-state index in [2.05, 4.69) is 6.92 Å². The average Bonchev–Trinajstić information content (AvgIpc) is 1.71. The molecule has 8 heavy (non-hydrogen) atoms. The summed E-state index contributed by atoms with van der Waals surface area (Å²) in [5.74, 6) is 0. The second-order valence-corrected chi connectivity index (χ2v) is 3.75. The summed E-state index contributed by atoms with van der Waals surface area (Å²) < 4.78 is 0. The zero-order valence-corrected chi connectivity index (χ0v) is 7.95. The van der Waals surface area contributed by atoms with E-state index in [0.717, 1.165) is 12.8 Å². The van der Waals surface area contributed by atoms with Crippen molar-refractivity contribution in [2.45, 2.75) is 19.8 Å². The van der Waals surface area contributed by atoms with Gasteiger partial charge in [0.05, 0.1) is 0 Å². The molecule has 4 heteroatoms. The molecule has 0 heterocycles. The molecule has 0 rings (SSSR count). The summed E-state index contributed by atoms with van der Waals surface area (Å²) in [5, 5.41) is 0. The van der Waals surface area contributed by atoms with E-state index >= 15 is 0 Å². The van der Waals surface area contributed by atoms with Gasteiger partial charge in [0.15, 0.2) is 0 Å². The molecule has 0 bridgehead atoms. The van der Waals surface area contributed by atoms with Gasteiger partial charge in [-0.3, -0.25) is 0 Å². The van der Waals surface area contributed by atoms with Gasteiger partial charge in [0.25, 0.3) is 0 Å². The van der Waals surface area contributed by atoms with E-state index in [1.807, 2.05) is 0 Å². The first-order valence-corrected chi connectivity index (χ1v) is 6.74. The van der Waals surface area contributed by atoms with Crippen LogP contribution < -0.4 is 0 Å². The van der Waals surface area contributed by atoms with Gasteiger partial charge in [-0.2, -0.15) is 6.54 Å². The molecule has 0 aromatic heterocycles. The Kier molecular flexibility index (Phi) is 23.6. The first-order valence-electron chi connectivity index (χ1n) is 2.44. The molecule has 0 fully saturated rings. The Balaban J connectivity index is 0. The first kappa shape index (κ1) is 12.0. The summed E-state index contributed by atoms with van der Waals surface area (Å²) in [6.45, 7) is 2.69. The molecule has 0 aliphatic carbocycles. The minimum absolute atomic E-state index is 0.556. The molecule has 0 aromatic carbocycles. The van der Waals surface area contributed by atoms with Gasteiger partial charge in [-0.15, -0.1) is 0 Å². The molecular formula is C4H10Cl2NTi-. The van der Waals surface area contributed by atoms with E-state index in [1.54, 1.807) is 0 Å². The fourth-order valence-corrected chi connectivity index (χ4v) is 0.177. The Morgan fingerprint density at radius 1 is 1.50 bits per heavy atom. The normalized spacial score (nSPS) is 7.00. The van der Waals surface area contributed by atoms with Gasteiger partial charge < -0.3 is 5.73 Å². The van der Waals surface area contributed by atoms with Crippen LogP contribution in [0.25, 0.3) is 5.73 Å². The third-order valence-electron chi connectivity index (χ3n) is 0.530. The van der Waals surface area contributed by atoms with Crippen molar-refractivity contribution >= 4 is 18.6 Å². The molecule has 0 radical (unpaired) electrons. The van der Waals surface area contributed by atoms with Crippen LogP contribution in [0.1, 0.15) is 19.8 Å². The SMILES string of the molecule is CCCC[NH-].[Cl][Ti][Cl]. The third kappa shape index (κ3) is 26.8. The molecule has 1 N–H and O–H groups in total. The van der Waals surface area contributed by atoms with Crippen LogP contribution in [0, 0.1) is 0 Å². The van der Waals surface area contributed by atoms with Crippen LogP contribution in [0.2, 0.25) is 0 Å². The molecule has 0 unspecified atom stereocenters. The Labute approximate surface area is 67.6 Å². The molecule has 0 saturated heterocycles. The standard InChI is InChI=1S/C4H10N.2ClH.Ti/c1-2-3-4-5;;;/h5H,2-4H2,1H3;2*1H;/q-1;;;+2/p-2. The van der Waals surface area contributed by atoms with Crippen LogP contribution in [0.5, 0.6) is 0 Å². The number of nitrogens with one attached hydrogen (secondary N) is 1. The number of halogens is 2. The van der Waals surface area contributed by atoms with E-state index in [9.17, 15) is 0 Å². The molecule has 0 aliphatic rings. The second-order valence-electron chi connectivity index (χ2n) is 1.17. The Hall–Kier alpha value is 1.25. The minimum atomic E-state index is -0.556.